The first-order valence-corrected chi connectivity index (χ1v) is 4.88. The fraction of sp³-hybridized carbons (Fsp3) is 0.167. The van der Waals surface area contributed by atoms with Gasteiger partial charge in [-0.05, 0) is 18.2 Å². The fourth-order valence-electron chi connectivity index (χ4n) is 1.13. The first kappa shape index (κ1) is 11.8. The summed E-state index contributed by atoms with van der Waals surface area (Å²) >= 11 is 0. The molecule has 82 valence electrons. The number of nitriles is 1. The Morgan fingerprint density at radius 3 is 3.06 bits per heavy atom. The van der Waals surface area contributed by atoms with Crippen LogP contribution in [-0.2, 0) is 4.79 Å². The third-order valence-electron chi connectivity index (χ3n) is 1.89. The number of carbonyl (C=O) groups is 1. The van der Waals surface area contributed by atoms with Crippen LogP contribution in [0.15, 0.2) is 36.9 Å². The van der Waals surface area contributed by atoms with Crippen LogP contribution < -0.4 is 10.6 Å². The van der Waals surface area contributed by atoms with Crippen molar-refractivity contribution in [1.82, 2.24) is 5.32 Å². The standard InChI is InChI=1S/C12H13N3O/c1-2-6-14-12(16)9-15-11-5-3-4-10(7-11)8-13/h2-5,7,15H,1,6,9H2,(H,14,16). The molecule has 0 saturated heterocycles. The monoisotopic (exact) mass is 215 g/mol. The molecule has 0 aromatic heterocycles. The minimum absolute atomic E-state index is 0.109. The Labute approximate surface area is 94.6 Å². The maximum Gasteiger partial charge on any atom is 0.239 e. The predicted octanol–water partition coefficient (Wildman–Crippen LogP) is 1.27. The Balaban J connectivity index is 2.45. The van der Waals surface area contributed by atoms with Gasteiger partial charge in [0.15, 0.2) is 0 Å². The van der Waals surface area contributed by atoms with Gasteiger partial charge in [0, 0.05) is 12.2 Å². The quantitative estimate of drug-likeness (QED) is 0.727. The van der Waals surface area contributed by atoms with Crippen molar-refractivity contribution in [3.63, 3.8) is 0 Å². The highest BCUT2D eigenvalue weighted by Crippen LogP contribution is 2.08. The molecule has 0 fully saturated rings. The average Bonchev–Trinajstić information content (AvgIpc) is 2.34. The van der Waals surface area contributed by atoms with Crippen LogP contribution in [-0.4, -0.2) is 19.0 Å². The predicted molar refractivity (Wildman–Crippen MR) is 62.9 cm³/mol. The van der Waals surface area contributed by atoms with E-state index in [4.69, 9.17) is 5.26 Å². The zero-order valence-electron chi connectivity index (χ0n) is 8.86. The van der Waals surface area contributed by atoms with Crippen LogP contribution in [0.1, 0.15) is 5.56 Å². The molecule has 0 atom stereocenters. The van der Waals surface area contributed by atoms with Gasteiger partial charge < -0.3 is 10.6 Å². The largest absolute Gasteiger partial charge is 0.376 e. The van der Waals surface area contributed by atoms with Crippen molar-refractivity contribution in [2.75, 3.05) is 18.4 Å². The molecule has 0 aliphatic carbocycles. The molecule has 2 N–H and O–H groups in total. The van der Waals surface area contributed by atoms with Crippen molar-refractivity contribution in [2.24, 2.45) is 0 Å². The van der Waals surface area contributed by atoms with E-state index in [0.717, 1.165) is 5.69 Å². The van der Waals surface area contributed by atoms with E-state index in [0.29, 0.717) is 12.1 Å². The Morgan fingerprint density at radius 1 is 1.56 bits per heavy atom. The van der Waals surface area contributed by atoms with E-state index in [-0.39, 0.29) is 12.5 Å². The van der Waals surface area contributed by atoms with E-state index in [1.54, 1.807) is 24.3 Å². The second-order valence-electron chi connectivity index (χ2n) is 3.14. The molecule has 0 spiro atoms. The van der Waals surface area contributed by atoms with Crippen LogP contribution in [0.25, 0.3) is 0 Å². The lowest BCUT2D eigenvalue weighted by Gasteiger charge is -2.06. The minimum atomic E-state index is -0.109. The highest BCUT2D eigenvalue weighted by molar-refractivity contribution is 5.80. The number of hydrogen-bond acceptors (Lipinski definition) is 3. The zero-order chi connectivity index (χ0) is 11.8. The van der Waals surface area contributed by atoms with Gasteiger partial charge in [-0.3, -0.25) is 4.79 Å². The lowest BCUT2D eigenvalue weighted by atomic mass is 10.2. The third kappa shape index (κ3) is 3.84. The number of benzene rings is 1. The molecule has 4 heteroatoms. The van der Waals surface area contributed by atoms with E-state index < -0.39 is 0 Å². The number of rotatable bonds is 5. The van der Waals surface area contributed by atoms with E-state index in [9.17, 15) is 4.79 Å². The van der Waals surface area contributed by atoms with Crippen molar-refractivity contribution in [3.8, 4) is 6.07 Å². The SMILES string of the molecule is C=CCNC(=O)CNc1cccc(C#N)c1. The fourth-order valence-corrected chi connectivity index (χ4v) is 1.13. The maximum atomic E-state index is 11.2. The van der Waals surface area contributed by atoms with Gasteiger partial charge in [-0.2, -0.15) is 5.26 Å². The van der Waals surface area contributed by atoms with Gasteiger partial charge >= 0.3 is 0 Å². The number of carbonyl (C=O) groups excluding carboxylic acids is 1. The molecule has 0 aliphatic rings. The van der Waals surface area contributed by atoms with Gasteiger partial charge in [-0.15, -0.1) is 6.58 Å². The molecule has 0 unspecified atom stereocenters. The highest BCUT2D eigenvalue weighted by atomic mass is 16.1. The Hall–Kier alpha value is -2.28. The Kier molecular flexibility index (Phi) is 4.61. The molecule has 0 aliphatic heterocycles. The number of hydrogen-bond donors (Lipinski definition) is 2. The van der Waals surface area contributed by atoms with Crippen LogP contribution in [0.5, 0.6) is 0 Å². The minimum Gasteiger partial charge on any atom is -0.376 e. The Bertz CT molecular complexity index is 421. The van der Waals surface area contributed by atoms with E-state index in [1.165, 1.54) is 0 Å². The van der Waals surface area contributed by atoms with E-state index >= 15 is 0 Å². The summed E-state index contributed by atoms with van der Waals surface area (Å²) in [6.45, 7) is 4.14. The van der Waals surface area contributed by atoms with Crippen molar-refractivity contribution < 1.29 is 4.79 Å². The van der Waals surface area contributed by atoms with Gasteiger partial charge in [0.25, 0.3) is 0 Å². The molecule has 4 nitrogen and oxygen atoms in total. The van der Waals surface area contributed by atoms with Crippen molar-refractivity contribution in [2.45, 2.75) is 0 Å². The highest BCUT2D eigenvalue weighted by Gasteiger charge is 1.99. The lowest BCUT2D eigenvalue weighted by Crippen LogP contribution is -2.29. The van der Waals surface area contributed by atoms with Crippen molar-refractivity contribution >= 4 is 11.6 Å². The molecule has 1 aromatic rings. The first-order chi connectivity index (χ1) is 7.76. The zero-order valence-corrected chi connectivity index (χ0v) is 8.86. The summed E-state index contributed by atoms with van der Waals surface area (Å²) in [5.74, 6) is -0.109. The normalized spacial score (nSPS) is 8.94. The molecular formula is C12H13N3O. The second-order valence-corrected chi connectivity index (χ2v) is 3.14. The molecule has 1 aromatic carbocycles. The summed E-state index contributed by atoms with van der Waals surface area (Å²) in [5, 5.41) is 14.3. The summed E-state index contributed by atoms with van der Waals surface area (Å²) in [4.78, 5) is 11.2. The number of anilines is 1. The summed E-state index contributed by atoms with van der Waals surface area (Å²) < 4.78 is 0. The van der Waals surface area contributed by atoms with Crippen LogP contribution in [0.4, 0.5) is 5.69 Å². The van der Waals surface area contributed by atoms with Gasteiger partial charge in [0.05, 0.1) is 18.2 Å². The topological polar surface area (TPSA) is 64.9 Å². The van der Waals surface area contributed by atoms with Gasteiger partial charge in [0.1, 0.15) is 0 Å². The van der Waals surface area contributed by atoms with Gasteiger partial charge in [-0.25, -0.2) is 0 Å². The molecular weight excluding hydrogens is 202 g/mol. The number of nitrogens with zero attached hydrogens (tertiary/aromatic N) is 1. The summed E-state index contributed by atoms with van der Waals surface area (Å²) in [6, 6.07) is 9.02. The summed E-state index contributed by atoms with van der Waals surface area (Å²) in [5.41, 5.74) is 1.32. The summed E-state index contributed by atoms with van der Waals surface area (Å²) in [7, 11) is 0. The molecule has 16 heavy (non-hydrogen) atoms. The van der Waals surface area contributed by atoms with Crippen LogP contribution >= 0.6 is 0 Å². The van der Waals surface area contributed by atoms with E-state index in [2.05, 4.69) is 17.2 Å². The van der Waals surface area contributed by atoms with E-state index in [1.807, 2.05) is 12.1 Å². The number of amides is 1. The van der Waals surface area contributed by atoms with Gasteiger partial charge in [0.2, 0.25) is 5.91 Å². The smallest absolute Gasteiger partial charge is 0.239 e. The number of nitrogens with one attached hydrogen (secondary N) is 2. The molecule has 0 saturated carbocycles. The summed E-state index contributed by atoms with van der Waals surface area (Å²) in [6.07, 6.45) is 1.62. The second kappa shape index (κ2) is 6.25. The third-order valence-corrected chi connectivity index (χ3v) is 1.89. The lowest BCUT2D eigenvalue weighted by molar-refractivity contribution is -0.119. The van der Waals surface area contributed by atoms with Crippen molar-refractivity contribution in [3.05, 3.63) is 42.5 Å². The average molecular weight is 215 g/mol. The molecule has 0 bridgehead atoms. The maximum absolute atomic E-state index is 11.2. The van der Waals surface area contributed by atoms with Gasteiger partial charge in [-0.1, -0.05) is 12.1 Å². The Morgan fingerprint density at radius 2 is 2.38 bits per heavy atom. The van der Waals surface area contributed by atoms with Crippen molar-refractivity contribution in [1.29, 1.82) is 5.26 Å². The first-order valence-electron chi connectivity index (χ1n) is 4.88. The van der Waals surface area contributed by atoms with Crippen LogP contribution in [0.2, 0.25) is 0 Å². The molecule has 0 radical (unpaired) electrons. The van der Waals surface area contributed by atoms with Crippen LogP contribution in [0, 0.1) is 11.3 Å². The molecule has 1 rings (SSSR count). The van der Waals surface area contributed by atoms with Crippen LogP contribution in [0.3, 0.4) is 0 Å². The molecule has 1 amide bonds. The molecule has 0 heterocycles.